The normalized spacial score (nSPS) is 24.8. The summed E-state index contributed by atoms with van der Waals surface area (Å²) in [5.41, 5.74) is 2.05. The lowest BCUT2D eigenvalue weighted by atomic mass is 9.84. The average Bonchev–Trinajstić information content (AvgIpc) is 2.74. The highest BCUT2D eigenvalue weighted by Crippen LogP contribution is 2.46. The van der Waals surface area contributed by atoms with Gasteiger partial charge in [-0.25, -0.2) is 4.79 Å². The van der Waals surface area contributed by atoms with Crippen molar-refractivity contribution in [3.8, 4) is 0 Å². The van der Waals surface area contributed by atoms with Gasteiger partial charge >= 0.3 is 5.97 Å². The molecule has 0 saturated carbocycles. The highest BCUT2D eigenvalue weighted by molar-refractivity contribution is 5.78. The molecule has 2 heterocycles. The molecule has 1 saturated heterocycles. The van der Waals surface area contributed by atoms with Crippen molar-refractivity contribution in [3.63, 3.8) is 0 Å². The summed E-state index contributed by atoms with van der Waals surface area (Å²) in [6, 6.07) is 8.09. The topological polar surface area (TPSA) is 51.1 Å². The average molecular weight is 248 g/mol. The Morgan fingerprint density at radius 2 is 2.11 bits per heavy atom. The first kappa shape index (κ1) is 11.7. The number of methoxy groups -OCH3 is 1. The Bertz CT molecular complexity index is 466. The van der Waals surface area contributed by atoms with Crippen LogP contribution in [-0.2, 0) is 15.1 Å². The number of fused-ring (bicyclic) bond motifs is 2. The van der Waals surface area contributed by atoms with E-state index in [1.807, 2.05) is 18.2 Å². The number of benzene rings is 1. The fraction of sp³-hybridized carbons (Fsp3) is 0.500. The minimum Gasteiger partial charge on any atom is -0.463 e. The van der Waals surface area contributed by atoms with Gasteiger partial charge in [0.25, 0.3) is 6.10 Å². The van der Waals surface area contributed by atoms with Gasteiger partial charge in [0, 0.05) is 31.5 Å². The lowest BCUT2D eigenvalue weighted by Gasteiger charge is -2.30. The molecule has 0 bridgehead atoms. The molecule has 0 aliphatic carbocycles. The lowest BCUT2D eigenvalue weighted by molar-refractivity contribution is -0.236. The first-order chi connectivity index (χ1) is 8.77. The van der Waals surface area contributed by atoms with Crippen molar-refractivity contribution in [3.05, 3.63) is 35.4 Å². The highest BCUT2D eigenvalue weighted by atomic mass is 16.6. The zero-order valence-corrected chi connectivity index (χ0v) is 10.5. The van der Waals surface area contributed by atoms with Crippen LogP contribution in [0.5, 0.6) is 0 Å². The number of ether oxygens (including phenoxy) is 2. The van der Waals surface area contributed by atoms with Crippen LogP contribution in [0.1, 0.15) is 30.1 Å². The second-order valence-corrected chi connectivity index (χ2v) is 4.92. The molecule has 0 aromatic heterocycles. The molecule has 4 heteroatoms. The third kappa shape index (κ3) is 1.64. The van der Waals surface area contributed by atoms with E-state index in [1.165, 1.54) is 12.7 Å². The smallest absolute Gasteiger partial charge is 0.391 e. The highest BCUT2D eigenvalue weighted by Gasteiger charge is 2.53. The molecule has 1 fully saturated rings. The molecule has 2 aliphatic heterocycles. The molecular formula is C14H18NO3+. The van der Waals surface area contributed by atoms with Gasteiger partial charge in [-0.05, 0) is 6.07 Å². The number of rotatable bonds is 1. The molecule has 1 aromatic rings. The van der Waals surface area contributed by atoms with Crippen LogP contribution in [0.3, 0.4) is 0 Å². The maximum Gasteiger partial charge on any atom is 0.391 e. The maximum absolute atomic E-state index is 11.9. The van der Waals surface area contributed by atoms with Crippen LogP contribution in [0.4, 0.5) is 0 Å². The van der Waals surface area contributed by atoms with Gasteiger partial charge in [-0.3, -0.25) is 0 Å². The van der Waals surface area contributed by atoms with Crippen molar-refractivity contribution >= 4 is 5.97 Å². The van der Waals surface area contributed by atoms with Crippen LogP contribution >= 0.6 is 0 Å². The van der Waals surface area contributed by atoms with E-state index in [-0.39, 0.29) is 11.6 Å². The van der Waals surface area contributed by atoms with Gasteiger partial charge in [0.2, 0.25) is 0 Å². The van der Waals surface area contributed by atoms with Gasteiger partial charge in [-0.2, -0.15) is 0 Å². The third-order valence-corrected chi connectivity index (χ3v) is 3.99. The van der Waals surface area contributed by atoms with Crippen LogP contribution in [0.25, 0.3) is 0 Å². The fourth-order valence-corrected chi connectivity index (χ4v) is 3.08. The van der Waals surface area contributed by atoms with Crippen molar-refractivity contribution in [2.24, 2.45) is 0 Å². The monoisotopic (exact) mass is 248 g/mol. The Balaban J connectivity index is 2.03. The molecule has 0 amide bonds. The van der Waals surface area contributed by atoms with E-state index < -0.39 is 6.10 Å². The molecule has 1 spiro atoms. The van der Waals surface area contributed by atoms with Crippen LogP contribution < -0.4 is 5.32 Å². The molecule has 4 nitrogen and oxygen atoms in total. The molecule has 1 unspecified atom stereocenters. The van der Waals surface area contributed by atoms with Crippen LogP contribution in [0.15, 0.2) is 24.3 Å². The molecule has 2 aliphatic rings. The Labute approximate surface area is 106 Å². The van der Waals surface area contributed by atoms with Crippen molar-refractivity contribution in [1.29, 1.82) is 0 Å². The number of piperidine rings is 1. The van der Waals surface area contributed by atoms with E-state index in [0.717, 1.165) is 31.5 Å². The minimum atomic E-state index is -0.440. The van der Waals surface area contributed by atoms with Crippen LogP contribution in [-0.4, -0.2) is 30.9 Å². The van der Waals surface area contributed by atoms with E-state index in [2.05, 4.69) is 11.4 Å². The number of esters is 1. The third-order valence-electron chi connectivity index (χ3n) is 3.99. The first-order valence-corrected chi connectivity index (χ1v) is 6.37. The summed E-state index contributed by atoms with van der Waals surface area (Å²) in [5.74, 6) is -0.252. The number of carbonyl (C=O) groups is 1. The predicted octanol–water partition coefficient (Wildman–Crippen LogP) is 1.02. The zero-order chi connectivity index (χ0) is 12.6. The quantitative estimate of drug-likeness (QED) is 0.596. The van der Waals surface area contributed by atoms with Gasteiger partial charge in [0.15, 0.2) is 5.60 Å². The molecule has 1 aromatic carbocycles. The summed E-state index contributed by atoms with van der Waals surface area (Å²) < 4.78 is 9.68. The van der Waals surface area contributed by atoms with Gasteiger partial charge in [0.1, 0.15) is 0 Å². The first-order valence-electron chi connectivity index (χ1n) is 6.37. The SMILES string of the molecule is COC(=O)C1[OH+]C2(CCNCC2)c2ccccc21. The summed E-state index contributed by atoms with van der Waals surface area (Å²) >= 11 is 0. The van der Waals surface area contributed by atoms with Gasteiger partial charge in [0.05, 0.1) is 12.7 Å². The molecule has 2 N–H and O–H groups in total. The largest absolute Gasteiger partial charge is 0.463 e. The zero-order valence-electron chi connectivity index (χ0n) is 10.5. The number of nitrogens with one attached hydrogen (secondary N) is 1. The minimum absolute atomic E-state index is 0.180. The number of hydrogen-bond acceptors (Lipinski definition) is 3. The molecule has 1 atom stereocenters. The molecule has 96 valence electrons. The Hall–Kier alpha value is -1.39. The van der Waals surface area contributed by atoms with Gasteiger partial charge in [-0.1, -0.05) is 18.2 Å². The second-order valence-electron chi connectivity index (χ2n) is 4.92. The van der Waals surface area contributed by atoms with Crippen molar-refractivity contribution in [2.75, 3.05) is 20.2 Å². The van der Waals surface area contributed by atoms with E-state index in [0.29, 0.717) is 0 Å². The summed E-state index contributed by atoms with van der Waals surface area (Å²) in [4.78, 5) is 11.9. The van der Waals surface area contributed by atoms with E-state index in [4.69, 9.17) is 9.47 Å². The van der Waals surface area contributed by atoms with E-state index >= 15 is 0 Å². The summed E-state index contributed by atoms with van der Waals surface area (Å²) in [7, 11) is 1.42. The van der Waals surface area contributed by atoms with Gasteiger partial charge in [-0.15, -0.1) is 0 Å². The second kappa shape index (κ2) is 4.37. The molecular weight excluding hydrogens is 230 g/mol. The Morgan fingerprint density at radius 1 is 1.39 bits per heavy atom. The summed E-state index contributed by atoms with van der Waals surface area (Å²) in [5, 5.41) is 3.35. The standard InChI is InChI=1S/C14H17NO3/c1-17-13(16)12-10-4-2-3-5-11(10)14(18-12)6-8-15-9-7-14/h2-5,12,15H,6-9H2,1H3/p+1. The van der Waals surface area contributed by atoms with Gasteiger partial charge < -0.3 is 14.8 Å². The number of carbonyl (C=O) groups excluding carboxylic acids is 1. The molecule has 0 radical (unpaired) electrons. The van der Waals surface area contributed by atoms with Crippen LogP contribution in [0.2, 0.25) is 0 Å². The maximum atomic E-state index is 11.9. The van der Waals surface area contributed by atoms with E-state index in [9.17, 15) is 4.79 Å². The number of aliphatic hydroxyl groups is 2. The van der Waals surface area contributed by atoms with Crippen LogP contribution in [0, 0.1) is 0 Å². The van der Waals surface area contributed by atoms with Crippen molar-refractivity contribution < 1.29 is 14.3 Å². The van der Waals surface area contributed by atoms with E-state index in [1.54, 1.807) is 0 Å². The Morgan fingerprint density at radius 3 is 2.83 bits per heavy atom. The van der Waals surface area contributed by atoms with Crippen molar-refractivity contribution in [2.45, 2.75) is 24.5 Å². The Kier molecular flexibility index (Phi) is 2.84. The summed E-state index contributed by atoms with van der Waals surface area (Å²) in [6.45, 7) is 1.90. The molecule has 18 heavy (non-hydrogen) atoms. The fourth-order valence-electron chi connectivity index (χ4n) is 3.08. The predicted molar refractivity (Wildman–Crippen MR) is 67.2 cm³/mol. The van der Waals surface area contributed by atoms with Crippen molar-refractivity contribution in [1.82, 2.24) is 5.32 Å². The number of hydrogen-bond donors (Lipinski definition) is 1. The lowest BCUT2D eigenvalue weighted by Crippen LogP contribution is -2.42. The summed E-state index contributed by atoms with van der Waals surface area (Å²) in [6.07, 6.45) is 1.47. The molecule has 3 rings (SSSR count).